The van der Waals surface area contributed by atoms with Crippen LogP contribution in [-0.2, 0) is 4.79 Å². The number of carboxylic acids is 1. The molecule has 0 unspecified atom stereocenters. The van der Waals surface area contributed by atoms with Crippen LogP contribution >= 0.6 is 15.9 Å². The SMILES string of the molecule is Cc1ccc(Nc2cc(-c3cccnc3)nc(NCC(=O)O)n2)c(Br)c1. The number of rotatable bonds is 6. The van der Waals surface area contributed by atoms with Gasteiger partial charge in [0.25, 0.3) is 0 Å². The quantitative estimate of drug-likeness (QED) is 0.563. The third-order valence-electron chi connectivity index (χ3n) is 3.47. The zero-order valence-electron chi connectivity index (χ0n) is 13.9. The lowest BCUT2D eigenvalue weighted by Crippen LogP contribution is -2.15. The summed E-state index contributed by atoms with van der Waals surface area (Å²) in [5.74, 6) is -0.230. The van der Waals surface area contributed by atoms with Crippen LogP contribution < -0.4 is 10.6 Å². The van der Waals surface area contributed by atoms with Crippen LogP contribution in [-0.4, -0.2) is 32.6 Å². The topological polar surface area (TPSA) is 100 Å². The molecule has 7 nitrogen and oxygen atoms in total. The molecule has 0 saturated heterocycles. The van der Waals surface area contributed by atoms with Crippen LogP contribution in [0.1, 0.15) is 5.56 Å². The van der Waals surface area contributed by atoms with Gasteiger partial charge >= 0.3 is 5.97 Å². The molecule has 0 atom stereocenters. The first kappa shape index (κ1) is 17.8. The summed E-state index contributed by atoms with van der Waals surface area (Å²) in [7, 11) is 0. The van der Waals surface area contributed by atoms with Gasteiger partial charge in [0.1, 0.15) is 12.4 Å². The largest absolute Gasteiger partial charge is 0.480 e. The zero-order chi connectivity index (χ0) is 18.5. The van der Waals surface area contributed by atoms with Crippen molar-refractivity contribution in [3.8, 4) is 11.3 Å². The lowest BCUT2D eigenvalue weighted by Gasteiger charge is -2.12. The minimum absolute atomic E-state index is 0.222. The van der Waals surface area contributed by atoms with Crippen molar-refractivity contribution in [1.82, 2.24) is 15.0 Å². The van der Waals surface area contributed by atoms with Gasteiger partial charge in [0, 0.05) is 28.5 Å². The highest BCUT2D eigenvalue weighted by atomic mass is 79.9. The van der Waals surface area contributed by atoms with Crippen molar-refractivity contribution in [2.24, 2.45) is 0 Å². The molecular formula is C18H16BrN5O2. The Morgan fingerprint density at radius 1 is 1.23 bits per heavy atom. The van der Waals surface area contributed by atoms with Gasteiger partial charge in [-0.05, 0) is 52.7 Å². The molecule has 0 saturated carbocycles. The molecule has 0 aliphatic rings. The Labute approximate surface area is 158 Å². The van der Waals surface area contributed by atoms with Crippen molar-refractivity contribution >= 4 is 39.4 Å². The van der Waals surface area contributed by atoms with Gasteiger partial charge in [0.15, 0.2) is 0 Å². The normalized spacial score (nSPS) is 10.4. The van der Waals surface area contributed by atoms with Crippen LogP contribution in [0.15, 0.2) is 53.3 Å². The monoisotopic (exact) mass is 413 g/mol. The Hall–Kier alpha value is -3.00. The van der Waals surface area contributed by atoms with Gasteiger partial charge in [-0.3, -0.25) is 9.78 Å². The van der Waals surface area contributed by atoms with Crippen molar-refractivity contribution in [2.75, 3.05) is 17.2 Å². The number of hydrogen-bond acceptors (Lipinski definition) is 6. The molecule has 0 fully saturated rings. The number of benzene rings is 1. The average Bonchev–Trinajstić information content (AvgIpc) is 2.63. The maximum absolute atomic E-state index is 10.8. The van der Waals surface area contributed by atoms with Crippen LogP contribution in [0, 0.1) is 6.92 Å². The van der Waals surface area contributed by atoms with Gasteiger partial charge in [-0.15, -0.1) is 0 Å². The summed E-state index contributed by atoms with van der Waals surface area (Å²) in [6.07, 6.45) is 3.37. The van der Waals surface area contributed by atoms with E-state index in [1.54, 1.807) is 18.5 Å². The molecule has 0 bridgehead atoms. The first-order valence-corrected chi connectivity index (χ1v) is 8.59. The molecule has 0 spiro atoms. The Balaban J connectivity index is 1.97. The molecule has 0 amide bonds. The second kappa shape index (κ2) is 7.92. The van der Waals surface area contributed by atoms with E-state index in [1.165, 1.54) is 0 Å². The fraction of sp³-hybridized carbons (Fsp3) is 0.111. The predicted molar refractivity (Wildman–Crippen MR) is 104 cm³/mol. The predicted octanol–water partition coefficient (Wildman–Crippen LogP) is 3.85. The minimum atomic E-state index is -0.990. The zero-order valence-corrected chi connectivity index (χ0v) is 15.5. The number of carbonyl (C=O) groups is 1. The van der Waals surface area contributed by atoms with Gasteiger partial charge in [0.2, 0.25) is 5.95 Å². The summed E-state index contributed by atoms with van der Waals surface area (Å²) in [5.41, 5.74) is 3.41. The number of anilines is 3. The van der Waals surface area contributed by atoms with Crippen molar-refractivity contribution in [3.63, 3.8) is 0 Å². The number of carboxylic acid groups (broad SMARTS) is 1. The first-order valence-electron chi connectivity index (χ1n) is 7.79. The molecule has 2 aromatic heterocycles. The van der Waals surface area contributed by atoms with E-state index in [0.717, 1.165) is 21.3 Å². The molecule has 26 heavy (non-hydrogen) atoms. The van der Waals surface area contributed by atoms with Gasteiger partial charge in [-0.1, -0.05) is 6.07 Å². The fourth-order valence-corrected chi connectivity index (χ4v) is 2.86. The lowest BCUT2D eigenvalue weighted by atomic mass is 10.2. The van der Waals surface area contributed by atoms with Crippen molar-refractivity contribution in [2.45, 2.75) is 6.92 Å². The fourth-order valence-electron chi connectivity index (χ4n) is 2.27. The van der Waals surface area contributed by atoms with E-state index in [-0.39, 0.29) is 12.5 Å². The molecule has 132 valence electrons. The summed E-state index contributed by atoms with van der Waals surface area (Å²) in [6.45, 7) is 1.73. The number of hydrogen-bond donors (Lipinski definition) is 3. The van der Waals surface area contributed by atoms with Crippen molar-refractivity contribution < 1.29 is 9.90 Å². The van der Waals surface area contributed by atoms with Gasteiger partial charge in [-0.2, -0.15) is 4.98 Å². The third-order valence-corrected chi connectivity index (χ3v) is 4.12. The van der Waals surface area contributed by atoms with Gasteiger partial charge in [-0.25, -0.2) is 4.98 Å². The van der Waals surface area contributed by atoms with E-state index >= 15 is 0 Å². The molecule has 3 rings (SSSR count). The molecule has 2 heterocycles. The van der Waals surface area contributed by atoms with Crippen molar-refractivity contribution in [3.05, 3.63) is 58.8 Å². The lowest BCUT2D eigenvalue weighted by molar-refractivity contribution is -0.134. The number of pyridine rings is 1. The van der Waals surface area contributed by atoms with Gasteiger partial charge in [0.05, 0.1) is 11.4 Å². The molecule has 0 radical (unpaired) electrons. The van der Waals surface area contributed by atoms with E-state index in [4.69, 9.17) is 5.11 Å². The van der Waals surface area contributed by atoms with E-state index in [9.17, 15) is 4.79 Å². The summed E-state index contributed by atoms with van der Waals surface area (Å²) in [4.78, 5) is 23.7. The Bertz CT molecular complexity index is 934. The number of aliphatic carboxylic acids is 1. The number of halogens is 1. The van der Waals surface area contributed by atoms with Crippen molar-refractivity contribution in [1.29, 1.82) is 0 Å². The number of aromatic nitrogens is 3. The van der Waals surface area contributed by atoms with Crippen LogP contribution in [0.3, 0.4) is 0 Å². The number of nitrogens with one attached hydrogen (secondary N) is 2. The maximum Gasteiger partial charge on any atom is 0.322 e. The van der Waals surface area contributed by atoms with E-state index < -0.39 is 5.97 Å². The molecule has 3 aromatic rings. The van der Waals surface area contributed by atoms with E-state index in [1.807, 2.05) is 37.3 Å². The summed E-state index contributed by atoms with van der Waals surface area (Å²) in [6, 6.07) is 11.4. The second-order valence-corrected chi connectivity index (χ2v) is 6.41. The third kappa shape index (κ3) is 4.54. The number of nitrogens with zero attached hydrogens (tertiary/aromatic N) is 3. The molecular weight excluding hydrogens is 398 g/mol. The summed E-state index contributed by atoms with van der Waals surface area (Å²) < 4.78 is 0.902. The molecule has 1 aromatic carbocycles. The van der Waals surface area contributed by atoms with Crippen LogP contribution in [0.25, 0.3) is 11.3 Å². The number of aryl methyl sites for hydroxylation is 1. The highest BCUT2D eigenvalue weighted by Gasteiger charge is 2.10. The van der Waals surface area contributed by atoms with Gasteiger partial charge < -0.3 is 15.7 Å². The van der Waals surface area contributed by atoms with Crippen LogP contribution in [0.5, 0.6) is 0 Å². The molecule has 0 aliphatic heterocycles. The Kier molecular flexibility index (Phi) is 5.43. The molecule has 0 aliphatic carbocycles. The second-order valence-electron chi connectivity index (χ2n) is 5.56. The standard InChI is InChI=1S/C18H16BrN5O2/c1-11-4-5-14(13(19)7-11)22-16-8-15(12-3-2-6-20-9-12)23-18(24-16)21-10-17(25)26/h2-9H,10H2,1H3,(H,25,26)(H2,21,22,23,24). The summed E-state index contributed by atoms with van der Waals surface area (Å²) in [5, 5.41) is 14.8. The van der Waals surface area contributed by atoms with E-state index in [0.29, 0.717) is 11.5 Å². The highest BCUT2D eigenvalue weighted by molar-refractivity contribution is 9.10. The molecule has 3 N–H and O–H groups in total. The minimum Gasteiger partial charge on any atom is -0.480 e. The Morgan fingerprint density at radius 3 is 2.77 bits per heavy atom. The van der Waals surface area contributed by atoms with Crippen LogP contribution in [0.4, 0.5) is 17.5 Å². The van der Waals surface area contributed by atoms with E-state index in [2.05, 4.69) is 41.5 Å². The molecule has 8 heteroatoms. The first-order chi connectivity index (χ1) is 12.5. The summed E-state index contributed by atoms with van der Waals surface area (Å²) >= 11 is 3.53. The maximum atomic E-state index is 10.8. The highest BCUT2D eigenvalue weighted by Crippen LogP contribution is 2.28. The van der Waals surface area contributed by atoms with Crippen LogP contribution in [0.2, 0.25) is 0 Å². The average molecular weight is 414 g/mol. The Morgan fingerprint density at radius 2 is 2.08 bits per heavy atom. The smallest absolute Gasteiger partial charge is 0.322 e.